The first-order valence-electron chi connectivity index (χ1n) is 8.48. The maximum Gasteiger partial charge on any atom is 0.248 e. The van der Waals surface area contributed by atoms with E-state index in [0.29, 0.717) is 0 Å². The number of hydrogen-bond donors (Lipinski definition) is 0. The molecule has 2 unspecified atom stereocenters. The van der Waals surface area contributed by atoms with Crippen LogP contribution in [0.15, 0.2) is 40.4 Å². The van der Waals surface area contributed by atoms with Gasteiger partial charge in [-0.05, 0) is 17.7 Å². The van der Waals surface area contributed by atoms with Gasteiger partial charge >= 0.3 is 0 Å². The van der Waals surface area contributed by atoms with Gasteiger partial charge in [-0.1, -0.05) is 57.3 Å². The lowest BCUT2D eigenvalue weighted by atomic mass is 10.00. The van der Waals surface area contributed by atoms with Crippen LogP contribution in [0.25, 0.3) is 0 Å². The number of carbonyl (C=O) groups excluding carboxylic acids is 1. The molecule has 2 aliphatic rings. The number of benzene rings is 1. The van der Waals surface area contributed by atoms with Gasteiger partial charge in [0.2, 0.25) is 5.91 Å². The Kier molecular flexibility index (Phi) is 5.66. The topological polar surface area (TPSA) is 48.8 Å². The number of hydrogen-bond acceptors (Lipinski definition) is 5. The van der Waals surface area contributed by atoms with Gasteiger partial charge in [-0.2, -0.15) is 0 Å². The van der Waals surface area contributed by atoms with Crippen LogP contribution < -0.4 is 9.80 Å². The summed E-state index contributed by atoms with van der Waals surface area (Å²) in [5.41, 5.74) is 5.40. The smallest absolute Gasteiger partial charge is 0.248 e. The fourth-order valence-electron chi connectivity index (χ4n) is 3.48. The lowest BCUT2D eigenvalue weighted by molar-refractivity contribution is -0.117. The van der Waals surface area contributed by atoms with Crippen LogP contribution in [0.3, 0.4) is 0 Å². The summed E-state index contributed by atoms with van der Waals surface area (Å²) >= 11 is 6.26. The van der Waals surface area contributed by atoms with Crippen LogP contribution in [-0.2, 0) is 13.6 Å². The van der Waals surface area contributed by atoms with E-state index < -0.39 is 0 Å². The fraction of sp³-hybridized carbons (Fsp3) is 0.316. The zero-order valence-electron chi connectivity index (χ0n) is 14.9. The van der Waals surface area contributed by atoms with Crippen molar-refractivity contribution in [2.75, 3.05) is 23.9 Å². The highest BCUT2D eigenvalue weighted by molar-refractivity contribution is 14.1. The minimum atomic E-state index is -0.237. The Bertz CT molecular complexity index is 917. The first-order valence-corrected chi connectivity index (χ1v) is 12.4. The third kappa shape index (κ3) is 3.37. The molecule has 0 saturated heterocycles. The van der Waals surface area contributed by atoms with Crippen molar-refractivity contribution >= 4 is 80.6 Å². The number of alkyl halides is 2. The van der Waals surface area contributed by atoms with Crippen molar-refractivity contribution < 1.29 is 4.79 Å². The molecule has 0 radical (unpaired) electrons. The standard InChI is InChI=1S/C19H18I2N4OS/c1-24(2)17-13(8-21)22-9-14-15(17)16-18(27-14)19(26)25(10-23-16)12-5-3-11(7-20)4-6-12/h3-6,9-10,16,18H,7-8H2,1-2H3. The first kappa shape index (κ1) is 19.4. The summed E-state index contributed by atoms with van der Waals surface area (Å²) in [6.07, 6.45) is 3.60. The molecule has 1 aromatic carbocycles. The predicted octanol–water partition coefficient (Wildman–Crippen LogP) is 4.61. The molecule has 2 atom stereocenters. The maximum atomic E-state index is 13.2. The number of rotatable bonds is 4. The summed E-state index contributed by atoms with van der Waals surface area (Å²) in [4.78, 5) is 27.5. The third-order valence-corrected chi connectivity index (χ3v) is 7.63. The summed E-state index contributed by atoms with van der Waals surface area (Å²) in [7, 11) is 4.06. The molecule has 3 heterocycles. The Labute approximate surface area is 190 Å². The number of aromatic nitrogens is 1. The number of aliphatic imine (C=N–C) groups is 1. The monoisotopic (exact) mass is 604 g/mol. The van der Waals surface area contributed by atoms with Crippen LogP contribution in [0.4, 0.5) is 11.4 Å². The molecule has 0 spiro atoms. The second-order valence-corrected chi connectivity index (χ2v) is 9.32. The van der Waals surface area contributed by atoms with E-state index in [1.54, 1.807) is 23.0 Å². The number of thioether (sulfide) groups is 1. The van der Waals surface area contributed by atoms with E-state index in [9.17, 15) is 4.79 Å². The zero-order chi connectivity index (χ0) is 19.1. The highest BCUT2D eigenvalue weighted by Crippen LogP contribution is 2.52. The van der Waals surface area contributed by atoms with Crippen LogP contribution in [0.5, 0.6) is 0 Å². The average molecular weight is 604 g/mol. The minimum Gasteiger partial charge on any atom is -0.376 e. The summed E-state index contributed by atoms with van der Waals surface area (Å²) in [5, 5.41) is -0.237. The Morgan fingerprint density at radius 1 is 1.19 bits per heavy atom. The molecule has 0 fully saturated rings. The molecular formula is C19H18I2N4OS. The average Bonchev–Trinajstić information content (AvgIpc) is 3.07. The SMILES string of the molecule is CN(C)c1c(CI)ncc2c1C1N=CN(c3ccc(CI)cc3)C(=O)C1S2. The largest absolute Gasteiger partial charge is 0.376 e. The van der Waals surface area contributed by atoms with Gasteiger partial charge in [0.25, 0.3) is 0 Å². The summed E-state index contributed by atoms with van der Waals surface area (Å²) in [6.45, 7) is 0. The Morgan fingerprint density at radius 3 is 2.56 bits per heavy atom. The van der Waals surface area contributed by atoms with Crippen molar-refractivity contribution in [1.29, 1.82) is 0 Å². The highest BCUT2D eigenvalue weighted by Gasteiger charge is 2.45. The molecule has 2 aliphatic heterocycles. The van der Waals surface area contributed by atoms with Gasteiger partial charge in [0.1, 0.15) is 11.3 Å². The highest BCUT2D eigenvalue weighted by atomic mass is 127. The number of pyridine rings is 1. The molecule has 0 bridgehead atoms. The van der Waals surface area contributed by atoms with E-state index in [0.717, 1.165) is 36.4 Å². The van der Waals surface area contributed by atoms with Crippen LogP contribution in [0.1, 0.15) is 22.9 Å². The van der Waals surface area contributed by atoms with Gasteiger partial charge in [-0.3, -0.25) is 19.7 Å². The van der Waals surface area contributed by atoms with Crippen LogP contribution in [0.2, 0.25) is 0 Å². The summed E-state index contributed by atoms with van der Waals surface area (Å²) in [6, 6.07) is 7.96. The normalized spacial score (nSPS) is 20.6. The molecule has 1 aromatic heterocycles. The van der Waals surface area contributed by atoms with Crippen molar-refractivity contribution in [3.8, 4) is 0 Å². The number of nitrogens with zero attached hydrogens (tertiary/aromatic N) is 4. The van der Waals surface area contributed by atoms with E-state index in [4.69, 9.17) is 4.99 Å². The van der Waals surface area contributed by atoms with Gasteiger partial charge in [0.15, 0.2) is 0 Å². The van der Waals surface area contributed by atoms with Crippen LogP contribution in [-0.4, -0.2) is 36.6 Å². The van der Waals surface area contributed by atoms with Crippen LogP contribution >= 0.6 is 56.9 Å². The molecule has 2 aromatic rings. The fourth-order valence-corrected chi connectivity index (χ4v) is 5.83. The number of fused-ring (bicyclic) bond motifs is 3. The van der Waals surface area contributed by atoms with Gasteiger partial charge in [-0.15, -0.1) is 11.8 Å². The Morgan fingerprint density at radius 2 is 1.93 bits per heavy atom. The van der Waals surface area contributed by atoms with Crippen molar-refractivity contribution in [3.63, 3.8) is 0 Å². The minimum absolute atomic E-state index is 0.0825. The van der Waals surface area contributed by atoms with E-state index in [1.165, 1.54) is 5.56 Å². The molecule has 4 rings (SSSR count). The summed E-state index contributed by atoms with van der Waals surface area (Å²) < 4.78 is 1.78. The molecule has 8 heteroatoms. The molecule has 1 amide bonds. The Balaban J connectivity index is 1.73. The van der Waals surface area contributed by atoms with Crippen molar-refractivity contribution in [2.24, 2.45) is 4.99 Å². The number of amides is 1. The van der Waals surface area contributed by atoms with E-state index >= 15 is 0 Å². The van der Waals surface area contributed by atoms with Crippen molar-refractivity contribution in [2.45, 2.75) is 25.0 Å². The molecule has 5 nitrogen and oxygen atoms in total. The number of carbonyl (C=O) groups is 1. The lowest BCUT2D eigenvalue weighted by Crippen LogP contribution is -2.42. The maximum absolute atomic E-state index is 13.2. The molecule has 0 N–H and O–H groups in total. The summed E-state index contributed by atoms with van der Waals surface area (Å²) in [5.74, 6) is 0.0825. The third-order valence-electron chi connectivity index (χ3n) is 4.73. The van der Waals surface area contributed by atoms with Gasteiger partial charge in [0.05, 0.1) is 17.7 Å². The van der Waals surface area contributed by atoms with Gasteiger partial charge < -0.3 is 4.90 Å². The predicted molar refractivity (Wildman–Crippen MR) is 129 cm³/mol. The van der Waals surface area contributed by atoms with Crippen LogP contribution in [0, 0.1) is 0 Å². The van der Waals surface area contributed by atoms with E-state index in [2.05, 4.69) is 67.2 Å². The van der Waals surface area contributed by atoms with E-state index in [1.807, 2.05) is 32.4 Å². The molecule has 0 aliphatic carbocycles. The number of halogens is 2. The molecule has 27 heavy (non-hydrogen) atoms. The van der Waals surface area contributed by atoms with Gasteiger partial charge in [0, 0.05) is 45.3 Å². The lowest BCUT2D eigenvalue weighted by Gasteiger charge is -2.29. The first-order chi connectivity index (χ1) is 13.0. The zero-order valence-corrected chi connectivity index (χ0v) is 20.0. The second kappa shape index (κ2) is 7.86. The number of anilines is 2. The molecule has 0 saturated carbocycles. The van der Waals surface area contributed by atoms with E-state index in [-0.39, 0.29) is 17.2 Å². The quantitative estimate of drug-likeness (QED) is 0.378. The molecule has 140 valence electrons. The Hall–Kier alpha value is -0.880. The van der Waals surface area contributed by atoms with Crippen molar-refractivity contribution in [3.05, 3.63) is 47.3 Å². The molecular weight excluding hydrogens is 586 g/mol. The van der Waals surface area contributed by atoms with Gasteiger partial charge in [-0.25, -0.2) is 0 Å². The van der Waals surface area contributed by atoms with Crippen molar-refractivity contribution in [1.82, 2.24) is 4.98 Å². The second-order valence-electron chi connectivity index (χ2n) is 6.62.